The van der Waals surface area contributed by atoms with Crippen molar-refractivity contribution in [1.82, 2.24) is 0 Å². The highest BCUT2D eigenvalue weighted by Gasteiger charge is 2.38. The normalized spacial score (nSPS) is 17.1. The molecule has 0 aromatic heterocycles. The van der Waals surface area contributed by atoms with Crippen molar-refractivity contribution in [3.05, 3.63) is 48.0 Å². The van der Waals surface area contributed by atoms with Gasteiger partial charge in [0.05, 0.1) is 25.7 Å². The van der Waals surface area contributed by atoms with Crippen molar-refractivity contribution in [3.8, 4) is 0 Å². The Labute approximate surface area is 161 Å². The fourth-order valence-electron chi connectivity index (χ4n) is 3.72. The summed E-state index contributed by atoms with van der Waals surface area (Å²) < 4.78 is 17.2. The topological polar surface area (TPSA) is 44.8 Å². The van der Waals surface area contributed by atoms with Gasteiger partial charge in [-0.15, -0.1) is 0 Å². The minimum atomic E-state index is -0.628. The predicted molar refractivity (Wildman–Crippen MR) is 106 cm³/mol. The molecule has 1 fully saturated rings. The summed E-state index contributed by atoms with van der Waals surface area (Å²) in [4.78, 5) is 11.7. The number of benzene rings is 2. The van der Waals surface area contributed by atoms with Crippen LogP contribution in [-0.2, 0) is 24.8 Å². The molecule has 146 valence electrons. The van der Waals surface area contributed by atoms with Gasteiger partial charge < -0.3 is 14.2 Å². The first kappa shape index (κ1) is 19.8. The summed E-state index contributed by atoms with van der Waals surface area (Å²) in [5, 5.41) is 2.43. The van der Waals surface area contributed by atoms with E-state index in [1.54, 1.807) is 0 Å². The van der Waals surface area contributed by atoms with Crippen LogP contribution in [-0.4, -0.2) is 25.8 Å². The number of ether oxygens (including phenoxy) is 3. The molecule has 0 radical (unpaired) electrons. The van der Waals surface area contributed by atoms with Crippen molar-refractivity contribution in [1.29, 1.82) is 0 Å². The third kappa shape index (κ3) is 4.88. The zero-order valence-corrected chi connectivity index (χ0v) is 16.4. The summed E-state index contributed by atoms with van der Waals surface area (Å²) in [5.74, 6) is -0.748. The zero-order valence-electron chi connectivity index (χ0n) is 16.4. The Balaban J connectivity index is 1.56. The summed E-state index contributed by atoms with van der Waals surface area (Å²) in [5.41, 5.74) is 1.10. The maximum atomic E-state index is 11.7. The van der Waals surface area contributed by atoms with Gasteiger partial charge in [0.1, 0.15) is 0 Å². The Bertz CT molecular complexity index is 749. The van der Waals surface area contributed by atoms with E-state index in [0.29, 0.717) is 19.8 Å². The predicted octanol–water partition coefficient (Wildman–Crippen LogP) is 5.19. The van der Waals surface area contributed by atoms with E-state index >= 15 is 0 Å². The molecule has 4 nitrogen and oxygen atoms in total. The van der Waals surface area contributed by atoms with Gasteiger partial charge in [-0.25, -0.2) is 0 Å². The highest BCUT2D eigenvalue weighted by molar-refractivity contribution is 5.83. The summed E-state index contributed by atoms with van der Waals surface area (Å²) in [6, 6.07) is 14.8. The first-order valence-electron chi connectivity index (χ1n) is 10.1. The van der Waals surface area contributed by atoms with Gasteiger partial charge in [-0.1, -0.05) is 56.2 Å². The van der Waals surface area contributed by atoms with E-state index in [9.17, 15) is 4.79 Å². The Kier molecular flexibility index (Phi) is 6.86. The maximum absolute atomic E-state index is 11.7. The van der Waals surface area contributed by atoms with E-state index in [0.717, 1.165) is 37.7 Å². The smallest absolute Gasteiger partial charge is 0.308 e. The summed E-state index contributed by atoms with van der Waals surface area (Å²) in [6.07, 6.45) is 4.75. The average molecular weight is 370 g/mol. The molecular weight excluding hydrogens is 340 g/mol. The van der Waals surface area contributed by atoms with Gasteiger partial charge >= 0.3 is 5.97 Å². The largest absolute Gasteiger partial charge is 0.466 e. The zero-order chi connectivity index (χ0) is 19.1. The molecule has 4 heteroatoms. The van der Waals surface area contributed by atoms with E-state index in [-0.39, 0.29) is 11.9 Å². The quantitative estimate of drug-likeness (QED) is 0.450. The Morgan fingerprint density at radius 1 is 1.07 bits per heavy atom. The first-order chi connectivity index (χ1) is 13.1. The molecule has 1 unspecified atom stereocenters. The van der Waals surface area contributed by atoms with Crippen molar-refractivity contribution >= 4 is 16.7 Å². The number of esters is 1. The van der Waals surface area contributed by atoms with Crippen LogP contribution in [0.2, 0.25) is 0 Å². The van der Waals surface area contributed by atoms with Crippen LogP contribution in [0.4, 0.5) is 0 Å². The minimum absolute atomic E-state index is 0.0293. The molecule has 27 heavy (non-hydrogen) atoms. The molecule has 0 N–H and O–H groups in total. The Hall–Kier alpha value is -1.91. The average Bonchev–Trinajstić information content (AvgIpc) is 3.17. The van der Waals surface area contributed by atoms with Gasteiger partial charge in [-0.3, -0.25) is 4.79 Å². The van der Waals surface area contributed by atoms with Gasteiger partial charge in [0, 0.05) is 12.0 Å². The van der Waals surface area contributed by atoms with Crippen molar-refractivity contribution in [2.45, 2.75) is 51.7 Å². The molecule has 1 atom stereocenters. The molecule has 1 aliphatic rings. The van der Waals surface area contributed by atoms with Gasteiger partial charge in [0.2, 0.25) is 0 Å². The van der Waals surface area contributed by atoms with Crippen molar-refractivity contribution in [3.63, 3.8) is 0 Å². The molecule has 0 bridgehead atoms. The van der Waals surface area contributed by atoms with Crippen LogP contribution >= 0.6 is 0 Å². The molecule has 0 spiro atoms. The summed E-state index contributed by atoms with van der Waals surface area (Å²) in [6.45, 7) is 5.50. The van der Waals surface area contributed by atoms with E-state index in [1.165, 1.54) is 10.8 Å². The van der Waals surface area contributed by atoms with Gasteiger partial charge in [0.15, 0.2) is 5.79 Å². The molecule has 2 aromatic carbocycles. The lowest BCUT2D eigenvalue weighted by Crippen LogP contribution is -2.27. The van der Waals surface area contributed by atoms with Gasteiger partial charge in [-0.2, -0.15) is 0 Å². The van der Waals surface area contributed by atoms with Crippen LogP contribution in [0.5, 0.6) is 0 Å². The molecule has 0 aliphatic carbocycles. The number of rotatable bonds is 9. The first-order valence-corrected chi connectivity index (χ1v) is 10.1. The number of hydrogen-bond donors (Lipinski definition) is 0. The molecule has 0 saturated carbocycles. The van der Waals surface area contributed by atoms with Crippen molar-refractivity contribution in [2.75, 3.05) is 19.8 Å². The summed E-state index contributed by atoms with van der Waals surface area (Å²) in [7, 11) is 0. The SMILES string of the molecule is CCOC(=O)C(C)CCCCCC1(c2ccc3ccccc3c2)OCCO1. The standard InChI is InChI=1S/C23H30O4/c1-3-25-22(24)18(2)9-5-4-8-14-23(26-15-16-27-23)21-13-12-19-10-6-7-11-20(19)17-21/h6-7,10-13,17-18H,3-5,8-9,14-16H2,1-2H3. The van der Waals surface area contributed by atoms with Crippen molar-refractivity contribution < 1.29 is 19.0 Å². The van der Waals surface area contributed by atoms with Crippen LogP contribution < -0.4 is 0 Å². The van der Waals surface area contributed by atoms with Crippen LogP contribution in [0.25, 0.3) is 10.8 Å². The molecule has 1 saturated heterocycles. The third-order valence-electron chi connectivity index (χ3n) is 5.28. The number of unbranched alkanes of at least 4 members (excludes halogenated alkanes) is 2. The molecule has 1 heterocycles. The number of hydrogen-bond acceptors (Lipinski definition) is 4. The lowest BCUT2D eigenvalue weighted by atomic mass is 9.95. The number of fused-ring (bicyclic) bond motifs is 1. The highest BCUT2D eigenvalue weighted by atomic mass is 16.7. The second kappa shape index (κ2) is 9.34. The third-order valence-corrected chi connectivity index (χ3v) is 5.28. The molecular formula is C23H30O4. The van der Waals surface area contributed by atoms with E-state index in [2.05, 4.69) is 42.5 Å². The molecule has 1 aliphatic heterocycles. The fraction of sp³-hybridized carbons (Fsp3) is 0.522. The second-order valence-corrected chi connectivity index (χ2v) is 7.26. The van der Waals surface area contributed by atoms with E-state index in [4.69, 9.17) is 14.2 Å². The second-order valence-electron chi connectivity index (χ2n) is 7.26. The number of carbonyl (C=O) groups excluding carboxylic acids is 1. The molecule has 0 amide bonds. The van der Waals surface area contributed by atoms with E-state index in [1.807, 2.05) is 13.8 Å². The lowest BCUT2D eigenvalue weighted by molar-refractivity contribution is -0.171. The van der Waals surface area contributed by atoms with Gasteiger partial charge in [-0.05, 0) is 36.6 Å². The molecule has 3 rings (SSSR count). The number of carbonyl (C=O) groups is 1. The van der Waals surface area contributed by atoms with E-state index < -0.39 is 5.79 Å². The molecule has 2 aromatic rings. The monoisotopic (exact) mass is 370 g/mol. The van der Waals surface area contributed by atoms with Crippen LogP contribution in [0.15, 0.2) is 42.5 Å². The Morgan fingerprint density at radius 3 is 2.56 bits per heavy atom. The van der Waals surface area contributed by atoms with Gasteiger partial charge in [0.25, 0.3) is 0 Å². The van der Waals surface area contributed by atoms with Crippen molar-refractivity contribution in [2.24, 2.45) is 5.92 Å². The fourth-order valence-corrected chi connectivity index (χ4v) is 3.72. The highest BCUT2D eigenvalue weighted by Crippen LogP contribution is 2.38. The van der Waals surface area contributed by atoms with Crippen LogP contribution in [0.3, 0.4) is 0 Å². The Morgan fingerprint density at radius 2 is 1.81 bits per heavy atom. The summed E-state index contributed by atoms with van der Waals surface area (Å²) >= 11 is 0. The van der Waals surface area contributed by atoms with Crippen LogP contribution in [0.1, 0.15) is 51.5 Å². The van der Waals surface area contributed by atoms with Crippen LogP contribution in [0, 0.1) is 5.92 Å². The minimum Gasteiger partial charge on any atom is -0.466 e. The maximum Gasteiger partial charge on any atom is 0.308 e. The lowest BCUT2D eigenvalue weighted by Gasteiger charge is -2.28.